The van der Waals surface area contributed by atoms with Gasteiger partial charge in [0.15, 0.2) is 0 Å². The summed E-state index contributed by atoms with van der Waals surface area (Å²) < 4.78 is 0. The molecule has 0 saturated heterocycles. The topological polar surface area (TPSA) is 66.5 Å². The van der Waals surface area contributed by atoms with E-state index >= 15 is 0 Å². The van der Waals surface area contributed by atoms with Gasteiger partial charge in [-0.15, -0.1) is 0 Å². The molecule has 0 heterocycles. The maximum absolute atomic E-state index is 8.08. The largest absolute Gasteiger partial charge is 0.516 e. The van der Waals surface area contributed by atoms with E-state index in [0.717, 1.165) is 6.08 Å². The summed E-state index contributed by atoms with van der Waals surface area (Å²) in [6.07, 6.45) is 0.722. The first kappa shape index (κ1) is 5.46. The van der Waals surface area contributed by atoms with Crippen LogP contribution < -0.4 is 5.73 Å². The summed E-state index contributed by atoms with van der Waals surface area (Å²) in [5.41, 5.74) is 4.71. The SMILES string of the molecule is NC(O)C=CO. The van der Waals surface area contributed by atoms with E-state index in [2.05, 4.69) is 0 Å². The summed E-state index contributed by atoms with van der Waals surface area (Å²) in [6, 6.07) is 0. The first-order chi connectivity index (χ1) is 2.77. The minimum Gasteiger partial charge on any atom is -0.516 e. The van der Waals surface area contributed by atoms with Crippen molar-refractivity contribution >= 4 is 0 Å². The van der Waals surface area contributed by atoms with Gasteiger partial charge < -0.3 is 15.9 Å². The molecular formula is C3H7NO2. The fourth-order valence-corrected chi connectivity index (χ4v) is 0.0882. The van der Waals surface area contributed by atoms with Crippen LogP contribution in [0.3, 0.4) is 0 Å². The lowest BCUT2D eigenvalue weighted by molar-refractivity contribution is 0.228. The van der Waals surface area contributed by atoms with E-state index in [0.29, 0.717) is 6.26 Å². The Morgan fingerprint density at radius 1 is 1.67 bits per heavy atom. The van der Waals surface area contributed by atoms with E-state index in [1.807, 2.05) is 0 Å². The van der Waals surface area contributed by atoms with E-state index in [4.69, 9.17) is 15.9 Å². The van der Waals surface area contributed by atoms with Crippen LogP contribution >= 0.6 is 0 Å². The fourth-order valence-electron chi connectivity index (χ4n) is 0.0882. The minimum absolute atomic E-state index is 0.699. The predicted molar refractivity (Wildman–Crippen MR) is 22.0 cm³/mol. The molecule has 0 fully saturated rings. The highest BCUT2D eigenvalue weighted by atomic mass is 16.3. The molecule has 0 aromatic carbocycles. The molecule has 6 heavy (non-hydrogen) atoms. The molecule has 0 aliphatic heterocycles. The predicted octanol–water partition coefficient (Wildman–Crippen LogP) is -0.665. The molecule has 3 nitrogen and oxygen atoms in total. The first-order valence-electron chi connectivity index (χ1n) is 1.52. The van der Waals surface area contributed by atoms with Crippen LogP contribution in [0.1, 0.15) is 0 Å². The van der Waals surface area contributed by atoms with E-state index in [-0.39, 0.29) is 0 Å². The smallest absolute Gasteiger partial charge is 0.124 e. The molecule has 0 aliphatic carbocycles. The second kappa shape index (κ2) is 2.68. The Morgan fingerprint density at radius 3 is 2.17 bits per heavy atom. The van der Waals surface area contributed by atoms with Gasteiger partial charge in [-0.2, -0.15) is 0 Å². The van der Waals surface area contributed by atoms with Gasteiger partial charge in [0.1, 0.15) is 6.23 Å². The van der Waals surface area contributed by atoms with Crippen molar-refractivity contribution in [2.75, 3.05) is 0 Å². The van der Waals surface area contributed by atoms with E-state index in [1.54, 1.807) is 0 Å². The van der Waals surface area contributed by atoms with Crippen molar-refractivity contribution in [3.63, 3.8) is 0 Å². The third-order valence-electron chi connectivity index (χ3n) is 0.283. The van der Waals surface area contributed by atoms with Gasteiger partial charge in [0.2, 0.25) is 0 Å². The first-order valence-corrected chi connectivity index (χ1v) is 1.52. The van der Waals surface area contributed by atoms with Gasteiger partial charge in [-0.25, -0.2) is 0 Å². The van der Waals surface area contributed by atoms with Crippen molar-refractivity contribution in [1.29, 1.82) is 0 Å². The molecule has 0 aliphatic rings. The van der Waals surface area contributed by atoms with Crippen molar-refractivity contribution in [3.05, 3.63) is 12.3 Å². The average Bonchev–Trinajstić information content (AvgIpc) is 1.35. The molecule has 36 valence electrons. The van der Waals surface area contributed by atoms with Crippen LogP contribution in [0.25, 0.3) is 0 Å². The lowest BCUT2D eigenvalue weighted by Gasteiger charge is -1.87. The third kappa shape index (κ3) is 3.46. The third-order valence-corrected chi connectivity index (χ3v) is 0.283. The molecule has 0 saturated carbocycles. The highest BCUT2D eigenvalue weighted by Crippen LogP contribution is 1.67. The maximum atomic E-state index is 8.08. The fraction of sp³-hybridized carbons (Fsp3) is 0.333. The Bertz CT molecular complexity index is 50.8. The highest BCUT2D eigenvalue weighted by Gasteiger charge is 1.79. The van der Waals surface area contributed by atoms with Gasteiger partial charge in [-0.05, 0) is 6.08 Å². The summed E-state index contributed by atoms with van der Waals surface area (Å²) in [4.78, 5) is 0. The Kier molecular flexibility index (Phi) is 2.44. The van der Waals surface area contributed by atoms with Crippen LogP contribution in [0.15, 0.2) is 12.3 Å². The molecule has 0 radical (unpaired) electrons. The van der Waals surface area contributed by atoms with Gasteiger partial charge in [0.25, 0.3) is 0 Å². The van der Waals surface area contributed by atoms with Crippen LogP contribution in [-0.2, 0) is 0 Å². The molecule has 0 aromatic rings. The summed E-state index contributed by atoms with van der Waals surface area (Å²) >= 11 is 0. The molecule has 4 N–H and O–H groups in total. The van der Waals surface area contributed by atoms with Gasteiger partial charge in [0.05, 0.1) is 6.26 Å². The summed E-state index contributed by atoms with van der Waals surface area (Å²) in [5.74, 6) is 0. The Balaban J connectivity index is 3.03. The van der Waals surface area contributed by atoms with Crippen LogP contribution in [0.5, 0.6) is 0 Å². The van der Waals surface area contributed by atoms with Crippen molar-refractivity contribution in [1.82, 2.24) is 0 Å². The Morgan fingerprint density at radius 2 is 2.17 bits per heavy atom. The zero-order valence-electron chi connectivity index (χ0n) is 3.20. The number of aliphatic hydroxyl groups is 2. The number of rotatable bonds is 1. The highest BCUT2D eigenvalue weighted by molar-refractivity contribution is 4.75. The second-order valence-corrected chi connectivity index (χ2v) is 0.832. The number of hydrogen-bond acceptors (Lipinski definition) is 3. The molecule has 0 rings (SSSR count). The standard InChI is InChI=1S/C3H7NO2/c4-3(6)1-2-5/h1-3,5-6H,4H2. The second-order valence-electron chi connectivity index (χ2n) is 0.832. The zero-order valence-corrected chi connectivity index (χ0v) is 3.20. The minimum atomic E-state index is -1.03. The Hall–Kier alpha value is -0.540. The van der Waals surface area contributed by atoms with Crippen LogP contribution in [-0.4, -0.2) is 16.4 Å². The number of aliphatic hydroxyl groups excluding tert-OH is 2. The summed E-state index contributed by atoms with van der Waals surface area (Å²) in [5, 5.41) is 15.9. The number of hydrogen-bond donors (Lipinski definition) is 3. The molecule has 1 unspecified atom stereocenters. The molecule has 0 spiro atoms. The van der Waals surface area contributed by atoms with Crippen molar-refractivity contribution in [2.45, 2.75) is 6.23 Å². The lowest BCUT2D eigenvalue weighted by Crippen LogP contribution is -2.14. The monoisotopic (exact) mass is 89.0 g/mol. The average molecular weight is 89.1 g/mol. The Labute approximate surface area is 35.7 Å². The van der Waals surface area contributed by atoms with Crippen molar-refractivity contribution < 1.29 is 10.2 Å². The quantitative estimate of drug-likeness (QED) is 0.295. The van der Waals surface area contributed by atoms with Gasteiger partial charge in [-0.1, -0.05) is 0 Å². The zero-order chi connectivity index (χ0) is 4.99. The van der Waals surface area contributed by atoms with Crippen molar-refractivity contribution in [3.8, 4) is 0 Å². The lowest BCUT2D eigenvalue weighted by atomic mass is 10.6. The molecule has 0 aromatic heterocycles. The van der Waals surface area contributed by atoms with E-state index in [1.165, 1.54) is 0 Å². The van der Waals surface area contributed by atoms with Crippen LogP contribution in [0.2, 0.25) is 0 Å². The van der Waals surface area contributed by atoms with Gasteiger partial charge in [-0.3, -0.25) is 0 Å². The molecule has 0 amide bonds. The normalized spacial score (nSPS) is 15.7. The molecular weight excluding hydrogens is 82.0 g/mol. The molecule has 1 atom stereocenters. The number of nitrogens with two attached hydrogens (primary N) is 1. The van der Waals surface area contributed by atoms with Crippen molar-refractivity contribution in [2.24, 2.45) is 5.73 Å². The molecule has 3 heteroatoms. The maximum Gasteiger partial charge on any atom is 0.124 e. The van der Waals surface area contributed by atoms with E-state index < -0.39 is 6.23 Å². The van der Waals surface area contributed by atoms with Gasteiger partial charge in [0, 0.05) is 0 Å². The summed E-state index contributed by atoms with van der Waals surface area (Å²) in [6.45, 7) is 0. The van der Waals surface area contributed by atoms with Crippen LogP contribution in [0.4, 0.5) is 0 Å². The van der Waals surface area contributed by atoms with Crippen LogP contribution in [0, 0.1) is 0 Å². The molecule has 0 bridgehead atoms. The summed E-state index contributed by atoms with van der Waals surface area (Å²) in [7, 11) is 0. The van der Waals surface area contributed by atoms with Gasteiger partial charge >= 0.3 is 0 Å². The van der Waals surface area contributed by atoms with E-state index in [9.17, 15) is 0 Å².